The maximum absolute atomic E-state index is 5.63. The molecule has 0 spiro atoms. The van der Waals surface area contributed by atoms with Crippen LogP contribution in [-0.2, 0) is 15.6 Å². The van der Waals surface area contributed by atoms with Crippen molar-refractivity contribution in [2.24, 2.45) is 0 Å². The third kappa shape index (κ3) is 3.16. The quantitative estimate of drug-likeness (QED) is 0.754. The van der Waals surface area contributed by atoms with Crippen LogP contribution in [0.3, 0.4) is 0 Å². The standard InChI is InChI=1S/C13H19O2S/c1-11(2)15-12-3-5-13(6-4-12)16-9-7-14-8-10-16/h3-6,11H,7-10H2,1-2H3/q+1. The molecular formula is C13H19O2S+. The Balaban J connectivity index is 2.00. The topological polar surface area (TPSA) is 18.5 Å². The summed E-state index contributed by atoms with van der Waals surface area (Å²) in [6, 6.07) is 8.56. The molecule has 1 fully saturated rings. The summed E-state index contributed by atoms with van der Waals surface area (Å²) in [4.78, 5) is 1.44. The van der Waals surface area contributed by atoms with Gasteiger partial charge in [0, 0.05) is 10.9 Å². The van der Waals surface area contributed by atoms with Gasteiger partial charge in [0.15, 0.2) is 4.90 Å². The number of hydrogen-bond acceptors (Lipinski definition) is 2. The van der Waals surface area contributed by atoms with Crippen LogP contribution in [0.1, 0.15) is 13.8 Å². The zero-order chi connectivity index (χ0) is 11.4. The van der Waals surface area contributed by atoms with E-state index < -0.39 is 0 Å². The van der Waals surface area contributed by atoms with Gasteiger partial charge in [-0.1, -0.05) is 0 Å². The Morgan fingerprint density at radius 1 is 1.12 bits per heavy atom. The van der Waals surface area contributed by atoms with Crippen LogP contribution in [0, 0.1) is 0 Å². The molecule has 2 rings (SSSR count). The molecule has 1 aliphatic heterocycles. The van der Waals surface area contributed by atoms with Crippen molar-refractivity contribution in [3.63, 3.8) is 0 Å². The van der Waals surface area contributed by atoms with E-state index in [2.05, 4.69) is 24.3 Å². The summed E-state index contributed by atoms with van der Waals surface area (Å²) in [7, 11) is 0.390. The molecule has 0 bridgehead atoms. The molecule has 0 saturated carbocycles. The molecule has 1 aromatic rings. The van der Waals surface area contributed by atoms with Gasteiger partial charge < -0.3 is 9.47 Å². The van der Waals surface area contributed by atoms with Crippen LogP contribution in [0.4, 0.5) is 0 Å². The summed E-state index contributed by atoms with van der Waals surface area (Å²) in [6.45, 7) is 5.92. The zero-order valence-corrected chi connectivity index (χ0v) is 10.8. The van der Waals surface area contributed by atoms with Crippen molar-refractivity contribution in [2.75, 3.05) is 24.7 Å². The zero-order valence-electron chi connectivity index (χ0n) is 9.94. The molecule has 1 aromatic carbocycles. The summed E-state index contributed by atoms with van der Waals surface area (Å²) in [5.41, 5.74) is 0. The first kappa shape index (κ1) is 11.8. The summed E-state index contributed by atoms with van der Waals surface area (Å²) in [6.07, 6.45) is 0.247. The lowest BCUT2D eigenvalue weighted by molar-refractivity contribution is 0.159. The molecule has 1 saturated heterocycles. The van der Waals surface area contributed by atoms with Crippen molar-refractivity contribution in [2.45, 2.75) is 24.8 Å². The van der Waals surface area contributed by atoms with Crippen molar-refractivity contribution in [1.82, 2.24) is 0 Å². The average molecular weight is 239 g/mol. The van der Waals surface area contributed by atoms with Crippen LogP contribution in [0.25, 0.3) is 0 Å². The molecule has 0 radical (unpaired) electrons. The highest BCUT2D eigenvalue weighted by Crippen LogP contribution is 2.21. The third-order valence-electron chi connectivity index (χ3n) is 2.48. The second kappa shape index (κ2) is 5.60. The monoisotopic (exact) mass is 239 g/mol. The van der Waals surface area contributed by atoms with Crippen LogP contribution in [0.2, 0.25) is 0 Å². The van der Waals surface area contributed by atoms with Gasteiger partial charge in [-0.2, -0.15) is 0 Å². The molecule has 16 heavy (non-hydrogen) atoms. The van der Waals surface area contributed by atoms with E-state index in [4.69, 9.17) is 9.47 Å². The molecule has 0 N–H and O–H groups in total. The van der Waals surface area contributed by atoms with Gasteiger partial charge in [-0.15, -0.1) is 0 Å². The van der Waals surface area contributed by atoms with Crippen LogP contribution in [-0.4, -0.2) is 30.8 Å². The molecule has 1 heterocycles. The Labute approximate surface area is 100 Å². The second-order valence-corrected chi connectivity index (χ2v) is 6.42. The summed E-state index contributed by atoms with van der Waals surface area (Å²) in [5.74, 6) is 3.31. The lowest BCUT2D eigenvalue weighted by Crippen LogP contribution is -2.26. The smallest absolute Gasteiger partial charge is 0.155 e. The Kier molecular flexibility index (Phi) is 4.13. The molecule has 1 aliphatic rings. The third-order valence-corrected chi connectivity index (χ3v) is 4.73. The highest BCUT2D eigenvalue weighted by Gasteiger charge is 2.24. The van der Waals surface area contributed by atoms with Crippen LogP contribution < -0.4 is 4.74 Å². The largest absolute Gasteiger partial charge is 0.491 e. The Morgan fingerprint density at radius 2 is 1.75 bits per heavy atom. The first-order valence-corrected chi connectivity index (χ1v) is 7.34. The van der Waals surface area contributed by atoms with Crippen molar-refractivity contribution >= 4 is 10.9 Å². The molecule has 0 unspecified atom stereocenters. The van der Waals surface area contributed by atoms with Gasteiger partial charge in [-0.3, -0.25) is 0 Å². The minimum atomic E-state index is 0.247. The molecule has 2 nitrogen and oxygen atoms in total. The van der Waals surface area contributed by atoms with E-state index in [-0.39, 0.29) is 6.10 Å². The van der Waals surface area contributed by atoms with E-state index in [1.807, 2.05) is 13.8 Å². The maximum atomic E-state index is 5.63. The normalized spacial score (nSPS) is 17.7. The van der Waals surface area contributed by atoms with Crippen molar-refractivity contribution < 1.29 is 9.47 Å². The molecular weight excluding hydrogens is 220 g/mol. The summed E-state index contributed by atoms with van der Waals surface area (Å²) < 4.78 is 11.0. The minimum Gasteiger partial charge on any atom is -0.491 e. The predicted molar refractivity (Wildman–Crippen MR) is 68.4 cm³/mol. The average Bonchev–Trinajstić information content (AvgIpc) is 2.30. The van der Waals surface area contributed by atoms with E-state index in [1.54, 1.807) is 0 Å². The summed E-state index contributed by atoms with van der Waals surface area (Å²) >= 11 is 0. The highest BCUT2D eigenvalue weighted by atomic mass is 32.2. The lowest BCUT2D eigenvalue weighted by atomic mass is 10.3. The van der Waals surface area contributed by atoms with Crippen molar-refractivity contribution in [3.8, 4) is 5.75 Å². The molecule has 0 aliphatic carbocycles. The van der Waals surface area contributed by atoms with E-state index in [9.17, 15) is 0 Å². The Morgan fingerprint density at radius 3 is 2.31 bits per heavy atom. The molecule has 0 atom stereocenters. The van der Waals surface area contributed by atoms with Gasteiger partial charge in [0.05, 0.1) is 19.3 Å². The Bertz CT molecular complexity index is 315. The van der Waals surface area contributed by atoms with Crippen LogP contribution >= 0.6 is 0 Å². The molecule has 3 heteroatoms. The van der Waals surface area contributed by atoms with Gasteiger partial charge in [0.2, 0.25) is 0 Å². The fourth-order valence-corrected chi connectivity index (χ4v) is 3.58. The number of benzene rings is 1. The van der Waals surface area contributed by atoms with E-state index in [0.717, 1.165) is 19.0 Å². The highest BCUT2D eigenvalue weighted by molar-refractivity contribution is 7.97. The number of rotatable bonds is 3. The minimum absolute atomic E-state index is 0.247. The molecule has 88 valence electrons. The summed E-state index contributed by atoms with van der Waals surface area (Å²) in [5, 5.41) is 0. The number of ether oxygens (including phenoxy) is 2. The fourth-order valence-electron chi connectivity index (χ4n) is 1.74. The Hall–Kier alpha value is -0.670. The van der Waals surface area contributed by atoms with Crippen molar-refractivity contribution in [1.29, 1.82) is 0 Å². The lowest BCUT2D eigenvalue weighted by Gasteiger charge is -2.14. The molecule has 0 aromatic heterocycles. The van der Waals surface area contributed by atoms with E-state index >= 15 is 0 Å². The van der Waals surface area contributed by atoms with Gasteiger partial charge in [-0.05, 0) is 38.1 Å². The van der Waals surface area contributed by atoms with Gasteiger partial charge >= 0.3 is 0 Å². The van der Waals surface area contributed by atoms with Gasteiger partial charge in [-0.25, -0.2) is 0 Å². The van der Waals surface area contributed by atoms with Gasteiger partial charge in [0.1, 0.15) is 17.3 Å². The van der Waals surface area contributed by atoms with E-state index in [0.29, 0.717) is 10.9 Å². The van der Waals surface area contributed by atoms with Crippen molar-refractivity contribution in [3.05, 3.63) is 24.3 Å². The second-order valence-electron chi connectivity index (χ2n) is 4.15. The number of hydrogen-bond donors (Lipinski definition) is 0. The first-order valence-electron chi connectivity index (χ1n) is 5.77. The fraction of sp³-hybridized carbons (Fsp3) is 0.538. The maximum Gasteiger partial charge on any atom is 0.155 e. The van der Waals surface area contributed by atoms with E-state index in [1.165, 1.54) is 16.4 Å². The predicted octanol–water partition coefficient (Wildman–Crippen LogP) is 2.48. The molecule has 0 amide bonds. The van der Waals surface area contributed by atoms with Crippen LogP contribution in [0.5, 0.6) is 5.75 Å². The van der Waals surface area contributed by atoms with Gasteiger partial charge in [0.25, 0.3) is 0 Å². The van der Waals surface area contributed by atoms with Crippen LogP contribution in [0.15, 0.2) is 29.2 Å². The first-order chi connectivity index (χ1) is 7.75. The SMILES string of the molecule is CC(C)Oc1ccc([S+]2CCOCC2)cc1.